The number of halogens is 2. The van der Waals surface area contributed by atoms with Crippen molar-refractivity contribution in [2.24, 2.45) is 0 Å². The standard InChI is InChI=1S/C16H16BrFOS/c1-3-10-4-6-11(7-5-10)16(19)14-12(17)8-9-13(20-2)15(14)18/h4-9,16,19H,3H2,1-2H3. The van der Waals surface area contributed by atoms with Crippen LogP contribution in [0, 0.1) is 5.82 Å². The summed E-state index contributed by atoms with van der Waals surface area (Å²) in [5.74, 6) is -0.362. The minimum Gasteiger partial charge on any atom is -0.384 e. The molecule has 1 unspecified atom stereocenters. The molecule has 0 saturated heterocycles. The lowest BCUT2D eigenvalue weighted by Crippen LogP contribution is -2.05. The molecular weight excluding hydrogens is 339 g/mol. The van der Waals surface area contributed by atoms with Crippen LogP contribution in [-0.2, 0) is 6.42 Å². The van der Waals surface area contributed by atoms with Gasteiger partial charge in [0.15, 0.2) is 0 Å². The molecular formula is C16H16BrFOS. The average molecular weight is 355 g/mol. The SMILES string of the molecule is CCc1ccc(C(O)c2c(Br)ccc(SC)c2F)cc1. The van der Waals surface area contributed by atoms with E-state index in [0.29, 0.717) is 20.5 Å². The van der Waals surface area contributed by atoms with Gasteiger partial charge in [-0.05, 0) is 35.9 Å². The quantitative estimate of drug-likeness (QED) is 0.783. The maximum absolute atomic E-state index is 14.4. The summed E-state index contributed by atoms with van der Waals surface area (Å²) in [5.41, 5.74) is 2.18. The molecule has 20 heavy (non-hydrogen) atoms. The maximum atomic E-state index is 14.4. The number of aliphatic hydroxyl groups excluding tert-OH is 1. The van der Waals surface area contributed by atoms with E-state index in [4.69, 9.17) is 0 Å². The summed E-state index contributed by atoms with van der Waals surface area (Å²) in [6.45, 7) is 2.07. The molecule has 0 spiro atoms. The maximum Gasteiger partial charge on any atom is 0.144 e. The van der Waals surface area contributed by atoms with Crippen molar-refractivity contribution in [3.63, 3.8) is 0 Å². The van der Waals surface area contributed by atoms with Gasteiger partial charge in [0.2, 0.25) is 0 Å². The van der Waals surface area contributed by atoms with E-state index in [9.17, 15) is 9.50 Å². The molecule has 0 aliphatic carbocycles. The van der Waals surface area contributed by atoms with E-state index in [1.807, 2.05) is 30.5 Å². The number of hydrogen-bond acceptors (Lipinski definition) is 2. The number of aliphatic hydroxyl groups is 1. The molecule has 106 valence electrons. The van der Waals surface area contributed by atoms with Crippen LogP contribution in [0.1, 0.15) is 29.7 Å². The monoisotopic (exact) mass is 354 g/mol. The average Bonchev–Trinajstić information content (AvgIpc) is 2.47. The van der Waals surface area contributed by atoms with Gasteiger partial charge in [-0.25, -0.2) is 4.39 Å². The second-order valence-corrected chi connectivity index (χ2v) is 6.18. The second kappa shape index (κ2) is 6.74. The highest BCUT2D eigenvalue weighted by Crippen LogP contribution is 2.35. The Kier molecular flexibility index (Phi) is 5.24. The molecule has 2 rings (SSSR count). The van der Waals surface area contributed by atoms with E-state index in [0.717, 1.165) is 6.42 Å². The van der Waals surface area contributed by atoms with Crippen molar-refractivity contribution in [3.8, 4) is 0 Å². The lowest BCUT2D eigenvalue weighted by molar-refractivity contribution is 0.213. The third-order valence-corrected chi connectivity index (χ3v) is 4.73. The lowest BCUT2D eigenvalue weighted by atomic mass is 9.99. The Bertz CT molecular complexity index is 598. The van der Waals surface area contributed by atoms with Crippen molar-refractivity contribution in [1.82, 2.24) is 0 Å². The molecule has 1 atom stereocenters. The fourth-order valence-corrected chi connectivity index (χ4v) is 3.08. The second-order valence-electron chi connectivity index (χ2n) is 4.47. The van der Waals surface area contributed by atoms with Crippen LogP contribution >= 0.6 is 27.7 Å². The molecule has 2 aromatic rings. The first kappa shape index (κ1) is 15.5. The first-order valence-electron chi connectivity index (χ1n) is 6.37. The topological polar surface area (TPSA) is 20.2 Å². The summed E-state index contributed by atoms with van der Waals surface area (Å²) >= 11 is 4.66. The van der Waals surface area contributed by atoms with E-state index < -0.39 is 6.10 Å². The Hall–Kier alpha value is -0.840. The minimum absolute atomic E-state index is 0.293. The Morgan fingerprint density at radius 3 is 2.40 bits per heavy atom. The molecule has 0 amide bonds. The predicted octanol–water partition coefficient (Wildman–Crippen LogP) is 4.95. The van der Waals surface area contributed by atoms with Gasteiger partial charge >= 0.3 is 0 Å². The third kappa shape index (κ3) is 3.08. The highest BCUT2D eigenvalue weighted by Gasteiger charge is 2.20. The largest absolute Gasteiger partial charge is 0.384 e. The van der Waals surface area contributed by atoms with Crippen molar-refractivity contribution in [3.05, 3.63) is 63.4 Å². The van der Waals surface area contributed by atoms with Crippen LogP contribution in [0.25, 0.3) is 0 Å². The zero-order chi connectivity index (χ0) is 14.7. The molecule has 1 nitrogen and oxygen atoms in total. The Labute approximate surface area is 131 Å². The molecule has 0 aliphatic heterocycles. The number of aryl methyl sites for hydroxylation is 1. The van der Waals surface area contributed by atoms with Crippen LogP contribution in [0.4, 0.5) is 4.39 Å². The van der Waals surface area contributed by atoms with Gasteiger partial charge in [-0.1, -0.05) is 47.1 Å². The fraction of sp³-hybridized carbons (Fsp3) is 0.250. The molecule has 0 fully saturated rings. The van der Waals surface area contributed by atoms with Crippen LogP contribution in [-0.4, -0.2) is 11.4 Å². The number of thioether (sulfide) groups is 1. The van der Waals surface area contributed by atoms with Crippen molar-refractivity contribution in [2.45, 2.75) is 24.3 Å². The zero-order valence-corrected chi connectivity index (χ0v) is 13.8. The summed E-state index contributed by atoms with van der Waals surface area (Å²) < 4.78 is 15.0. The van der Waals surface area contributed by atoms with Crippen LogP contribution in [0.2, 0.25) is 0 Å². The molecule has 1 N–H and O–H groups in total. The van der Waals surface area contributed by atoms with Gasteiger partial charge in [-0.15, -0.1) is 11.8 Å². The van der Waals surface area contributed by atoms with Crippen molar-refractivity contribution in [1.29, 1.82) is 0 Å². The van der Waals surface area contributed by atoms with E-state index in [2.05, 4.69) is 22.9 Å². The molecule has 2 aromatic carbocycles. The number of hydrogen-bond donors (Lipinski definition) is 1. The predicted molar refractivity (Wildman–Crippen MR) is 85.8 cm³/mol. The van der Waals surface area contributed by atoms with Gasteiger partial charge in [-0.3, -0.25) is 0 Å². The summed E-state index contributed by atoms with van der Waals surface area (Å²) in [5, 5.41) is 10.5. The number of rotatable bonds is 4. The smallest absolute Gasteiger partial charge is 0.144 e. The van der Waals surface area contributed by atoms with E-state index in [-0.39, 0.29) is 5.82 Å². The first-order valence-corrected chi connectivity index (χ1v) is 8.39. The number of benzene rings is 2. The Morgan fingerprint density at radius 1 is 1.20 bits per heavy atom. The summed E-state index contributed by atoms with van der Waals surface area (Å²) in [4.78, 5) is 0.535. The highest BCUT2D eigenvalue weighted by molar-refractivity contribution is 9.10. The van der Waals surface area contributed by atoms with Gasteiger partial charge in [0.25, 0.3) is 0 Å². The molecule has 0 radical (unpaired) electrons. The molecule has 0 heterocycles. The minimum atomic E-state index is -0.970. The van der Waals surface area contributed by atoms with E-state index in [1.165, 1.54) is 17.3 Å². The Balaban J connectivity index is 2.44. The van der Waals surface area contributed by atoms with E-state index >= 15 is 0 Å². The fourth-order valence-electron chi connectivity index (χ4n) is 2.06. The van der Waals surface area contributed by atoms with Crippen molar-refractivity contribution >= 4 is 27.7 Å². The normalized spacial score (nSPS) is 12.4. The highest BCUT2D eigenvalue weighted by atomic mass is 79.9. The van der Waals surface area contributed by atoms with Crippen LogP contribution in [0.15, 0.2) is 45.8 Å². The Morgan fingerprint density at radius 2 is 1.85 bits per heavy atom. The first-order chi connectivity index (χ1) is 9.58. The summed E-state index contributed by atoms with van der Waals surface area (Å²) in [7, 11) is 0. The lowest BCUT2D eigenvalue weighted by Gasteiger charge is -2.16. The van der Waals surface area contributed by atoms with E-state index in [1.54, 1.807) is 12.1 Å². The third-order valence-electron chi connectivity index (χ3n) is 3.29. The van der Waals surface area contributed by atoms with Gasteiger partial charge < -0.3 is 5.11 Å². The summed E-state index contributed by atoms with van der Waals surface area (Å²) in [6, 6.07) is 11.1. The molecule has 4 heteroatoms. The van der Waals surface area contributed by atoms with Crippen molar-refractivity contribution in [2.75, 3.05) is 6.26 Å². The van der Waals surface area contributed by atoms with Crippen LogP contribution in [0.3, 0.4) is 0 Å². The van der Waals surface area contributed by atoms with Crippen molar-refractivity contribution < 1.29 is 9.50 Å². The zero-order valence-electron chi connectivity index (χ0n) is 11.4. The molecule has 0 aromatic heterocycles. The molecule has 0 saturated carbocycles. The van der Waals surface area contributed by atoms with Gasteiger partial charge in [0.05, 0.1) is 0 Å². The van der Waals surface area contributed by atoms with Crippen LogP contribution in [0.5, 0.6) is 0 Å². The van der Waals surface area contributed by atoms with Gasteiger partial charge in [0.1, 0.15) is 11.9 Å². The van der Waals surface area contributed by atoms with Gasteiger partial charge in [0, 0.05) is 14.9 Å². The molecule has 0 bridgehead atoms. The van der Waals surface area contributed by atoms with Gasteiger partial charge in [-0.2, -0.15) is 0 Å². The van der Waals surface area contributed by atoms with Crippen LogP contribution < -0.4 is 0 Å². The molecule has 0 aliphatic rings. The summed E-state index contributed by atoms with van der Waals surface area (Å²) in [6.07, 6.45) is 1.79.